The monoisotopic (exact) mass is 217 g/mol. The van der Waals surface area contributed by atoms with Gasteiger partial charge >= 0.3 is 0 Å². The third-order valence-corrected chi connectivity index (χ3v) is 3.66. The highest BCUT2D eigenvalue weighted by atomic mass is 16.1. The van der Waals surface area contributed by atoms with Gasteiger partial charge in [-0.1, -0.05) is 13.8 Å². The van der Waals surface area contributed by atoms with Crippen molar-refractivity contribution in [3.63, 3.8) is 0 Å². The van der Waals surface area contributed by atoms with E-state index in [1.807, 2.05) is 12.1 Å². The number of nitrogens with zero attached hydrogens (tertiary/aromatic N) is 1. The lowest BCUT2D eigenvalue weighted by molar-refractivity contribution is 0.0837. The predicted octanol–water partition coefficient (Wildman–Crippen LogP) is 3.48. The molecule has 2 rings (SSSR count). The predicted molar refractivity (Wildman–Crippen MR) is 64.3 cm³/mol. The molecule has 0 bridgehead atoms. The van der Waals surface area contributed by atoms with Crippen molar-refractivity contribution in [2.75, 3.05) is 0 Å². The van der Waals surface area contributed by atoms with Gasteiger partial charge in [-0.3, -0.25) is 9.78 Å². The van der Waals surface area contributed by atoms with Crippen LogP contribution < -0.4 is 0 Å². The molecule has 1 heterocycles. The lowest BCUT2D eigenvalue weighted by Gasteiger charge is -2.33. The van der Waals surface area contributed by atoms with Gasteiger partial charge in [-0.05, 0) is 43.2 Å². The van der Waals surface area contributed by atoms with Crippen LogP contribution in [0.4, 0.5) is 0 Å². The topological polar surface area (TPSA) is 30.0 Å². The Hall–Kier alpha value is -1.18. The van der Waals surface area contributed by atoms with Gasteiger partial charge in [-0.25, -0.2) is 0 Å². The second-order valence-electron chi connectivity index (χ2n) is 5.54. The van der Waals surface area contributed by atoms with Crippen LogP contribution in [0.3, 0.4) is 0 Å². The van der Waals surface area contributed by atoms with E-state index in [9.17, 15) is 4.79 Å². The Morgan fingerprint density at radius 3 is 2.62 bits per heavy atom. The maximum absolute atomic E-state index is 12.2. The molecule has 0 amide bonds. The van der Waals surface area contributed by atoms with Crippen molar-refractivity contribution in [1.29, 1.82) is 0 Å². The summed E-state index contributed by atoms with van der Waals surface area (Å²) in [7, 11) is 0. The number of pyridine rings is 1. The lowest BCUT2D eigenvalue weighted by atomic mass is 9.71. The van der Waals surface area contributed by atoms with E-state index in [2.05, 4.69) is 18.8 Å². The van der Waals surface area contributed by atoms with Crippen molar-refractivity contribution < 1.29 is 4.79 Å². The van der Waals surface area contributed by atoms with Gasteiger partial charge in [-0.2, -0.15) is 0 Å². The fourth-order valence-electron chi connectivity index (χ4n) is 2.41. The van der Waals surface area contributed by atoms with Crippen LogP contribution in [0.1, 0.15) is 49.9 Å². The molecule has 0 saturated heterocycles. The van der Waals surface area contributed by atoms with Gasteiger partial charge in [0.1, 0.15) is 0 Å². The SMILES string of the molecule is CC1(C)CCC(C(=O)c2cccnc2)CC1. The zero-order valence-electron chi connectivity index (χ0n) is 10.1. The molecule has 1 aromatic rings. The van der Waals surface area contributed by atoms with Gasteiger partial charge in [-0.15, -0.1) is 0 Å². The second kappa shape index (κ2) is 4.36. The maximum atomic E-state index is 12.2. The third kappa shape index (κ3) is 2.49. The molecule has 1 aliphatic carbocycles. The number of ketones is 1. The number of Topliss-reactive ketones (excluding diaryl/α,β-unsaturated/α-hetero) is 1. The highest BCUT2D eigenvalue weighted by Gasteiger charge is 2.30. The van der Waals surface area contributed by atoms with Crippen LogP contribution in [-0.4, -0.2) is 10.8 Å². The highest BCUT2D eigenvalue weighted by Crippen LogP contribution is 2.38. The average Bonchev–Trinajstić information content (AvgIpc) is 2.29. The van der Waals surface area contributed by atoms with Crippen LogP contribution in [0, 0.1) is 11.3 Å². The van der Waals surface area contributed by atoms with Gasteiger partial charge in [0, 0.05) is 23.9 Å². The van der Waals surface area contributed by atoms with Gasteiger partial charge in [0.25, 0.3) is 0 Å². The van der Waals surface area contributed by atoms with E-state index in [0.717, 1.165) is 31.2 Å². The molecule has 0 unspecified atom stereocenters. The molecule has 1 aromatic heterocycles. The molecule has 0 aliphatic heterocycles. The lowest BCUT2D eigenvalue weighted by Crippen LogP contribution is -2.26. The van der Waals surface area contributed by atoms with Crippen molar-refractivity contribution in [3.05, 3.63) is 30.1 Å². The van der Waals surface area contributed by atoms with Crippen LogP contribution in [0.15, 0.2) is 24.5 Å². The molecule has 0 atom stereocenters. The number of carbonyl (C=O) groups is 1. The first-order valence-electron chi connectivity index (χ1n) is 6.03. The summed E-state index contributed by atoms with van der Waals surface area (Å²) in [5, 5.41) is 0. The zero-order chi connectivity index (χ0) is 11.6. The van der Waals surface area contributed by atoms with Gasteiger partial charge in [0.2, 0.25) is 0 Å². The molecule has 0 aromatic carbocycles. The molecular weight excluding hydrogens is 198 g/mol. The van der Waals surface area contributed by atoms with Crippen LogP contribution in [0.25, 0.3) is 0 Å². The molecule has 0 N–H and O–H groups in total. The van der Waals surface area contributed by atoms with E-state index in [0.29, 0.717) is 5.41 Å². The molecule has 1 aliphatic rings. The Morgan fingerprint density at radius 1 is 1.38 bits per heavy atom. The van der Waals surface area contributed by atoms with Crippen molar-refractivity contribution in [2.24, 2.45) is 11.3 Å². The van der Waals surface area contributed by atoms with Crippen molar-refractivity contribution in [1.82, 2.24) is 4.98 Å². The smallest absolute Gasteiger partial charge is 0.167 e. The zero-order valence-corrected chi connectivity index (χ0v) is 10.1. The largest absolute Gasteiger partial charge is 0.294 e. The number of rotatable bonds is 2. The van der Waals surface area contributed by atoms with E-state index in [-0.39, 0.29) is 11.7 Å². The molecule has 0 spiro atoms. The highest BCUT2D eigenvalue weighted by molar-refractivity contribution is 5.97. The first-order chi connectivity index (χ1) is 7.58. The Kier molecular flexibility index (Phi) is 3.08. The van der Waals surface area contributed by atoms with Crippen LogP contribution in [0.2, 0.25) is 0 Å². The van der Waals surface area contributed by atoms with Gasteiger partial charge < -0.3 is 0 Å². The Morgan fingerprint density at radius 2 is 2.06 bits per heavy atom. The maximum Gasteiger partial charge on any atom is 0.167 e. The summed E-state index contributed by atoms with van der Waals surface area (Å²) >= 11 is 0. The summed E-state index contributed by atoms with van der Waals surface area (Å²) < 4.78 is 0. The second-order valence-corrected chi connectivity index (χ2v) is 5.54. The van der Waals surface area contributed by atoms with E-state index in [4.69, 9.17) is 0 Å². The van der Waals surface area contributed by atoms with Gasteiger partial charge in [0.05, 0.1) is 0 Å². The average molecular weight is 217 g/mol. The van der Waals surface area contributed by atoms with Crippen LogP contribution >= 0.6 is 0 Å². The summed E-state index contributed by atoms with van der Waals surface area (Å²) in [4.78, 5) is 16.2. The quantitative estimate of drug-likeness (QED) is 0.710. The number of carbonyl (C=O) groups excluding carboxylic acids is 1. The number of hydrogen-bond donors (Lipinski definition) is 0. The first-order valence-corrected chi connectivity index (χ1v) is 6.03. The standard InChI is InChI=1S/C14H19NO/c1-14(2)7-5-11(6-8-14)13(16)12-4-3-9-15-10-12/h3-4,9-11H,5-8H2,1-2H3. The molecule has 86 valence electrons. The molecule has 1 fully saturated rings. The minimum Gasteiger partial charge on any atom is -0.294 e. The van der Waals surface area contributed by atoms with E-state index in [1.54, 1.807) is 12.4 Å². The van der Waals surface area contributed by atoms with Crippen LogP contribution in [-0.2, 0) is 0 Å². The summed E-state index contributed by atoms with van der Waals surface area (Å²) in [5.41, 5.74) is 1.19. The van der Waals surface area contributed by atoms with Gasteiger partial charge in [0.15, 0.2) is 5.78 Å². The fraction of sp³-hybridized carbons (Fsp3) is 0.571. The molecular formula is C14H19NO. The minimum atomic E-state index is 0.220. The summed E-state index contributed by atoms with van der Waals surface area (Å²) in [6, 6.07) is 3.70. The van der Waals surface area contributed by atoms with Crippen LogP contribution in [0.5, 0.6) is 0 Å². The summed E-state index contributed by atoms with van der Waals surface area (Å²) in [6.45, 7) is 4.58. The molecule has 0 radical (unpaired) electrons. The minimum absolute atomic E-state index is 0.220. The molecule has 2 nitrogen and oxygen atoms in total. The molecule has 1 saturated carbocycles. The third-order valence-electron chi connectivity index (χ3n) is 3.66. The number of hydrogen-bond acceptors (Lipinski definition) is 2. The fourth-order valence-corrected chi connectivity index (χ4v) is 2.41. The van der Waals surface area contributed by atoms with Crippen molar-refractivity contribution in [2.45, 2.75) is 39.5 Å². The number of aromatic nitrogens is 1. The Bertz CT molecular complexity index is 360. The Labute approximate surface area is 97.1 Å². The normalized spacial score (nSPS) is 20.6. The van der Waals surface area contributed by atoms with Crippen molar-refractivity contribution in [3.8, 4) is 0 Å². The summed E-state index contributed by atoms with van der Waals surface area (Å²) in [5.74, 6) is 0.501. The summed E-state index contributed by atoms with van der Waals surface area (Å²) in [6.07, 6.45) is 7.76. The molecule has 16 heavy (non-hydrogen) atoms. The van der Waals surface area contributed by atoms with E-state index >= 15 is 0 Å². The Balaban J connectivity index is 2.03. The van der Waals surface area contributed by atoms with E-state index < -0.39 is 0 Å². The van der Waals surface area contributed by atoms with Crippen molar-refractivity contribution >= 4 is 5.78 Å². The molecule has 2 heteroatoms. The first kappa shape index (κ1) is 11.3. The van der Waals surface area contributed by atoms with E-state index in [1.165, 1.54) is 0 Å².